The van der Waals surface area contributed by atoms with E-state index in [9.17, 15) is 0 Å². The molecule has 0 fully saturated rings. The van der Waals surface area contributed by atoms with E-state index in [0.717, 1.165) is 122 Å². The molecule has 0 atom stereocenters. The molecule has 0 saturated heterocycles. The molecule has 1 aliphatic carbocycles. The Morgan fingerprint density at radius 3 is 1.37 bits per heavy atom. The first-order valence-corrected chi connectivity index (χ1v) is 32.7. The molecule has 452 valence electrons. The summed E-state index contributed by atoms with van der Waals surface area (Å²) >= 11 is 0. The topological polar surface area (TPSA) is 8.17 Å². The number of para-hydroxylation sites is 1. The normalized spacial score (nSPS) is 11.9. The van der Waals surface area contributed by atoms with Crippen molar-refractivity contribution in [1.29, 1.82) is 0 Å². The lowest BCUT2D eigenvalue weighted by Crippen LogP contribution is -2.16. The van der Waals surface area contributed by atoms with E-state index in [4.69, 9.17) is 25.7 Å². The Bertz CT molecular complexity index is 5740. The number of benzene rings is 14. The van der Waals surface area contributed by atoms with E-state index in [1.54, 1.807) is 0 Å². The Balaban J connectivity index is 0.855. The van der Waals surface area contributed by atoms with Gasteiger partial charge in [-0.15, -0.1) is 25.7 Å². The molecule has 0 unspecified atom stereocenters. The number of aromatic nitrogens is 1. The summed E-state index contributed by atoms with van der Waals surface area (Å²) in [5, 5.41) is 2.30. The van der Waals surface area contributed by atoms with Crippen LogP contribution in [0.25, 0.3) is 128 Å². The molecule has 1 heterocycles. The van der Waals surface area contributed by atoms with Gasteiger partial charge in [-0.25, -0.2) is 0 Å². The predicted octanol–water partition coefficient (Wildman–Crippen LogP) is 23.8. The first-order chi connectivity index (χ1) is 47.6. The molecule has 1 aliphatic rings. The quantitative estimate of drug-likeness (QED) is 0.111. The molecule has 0 radical (unpaired) electrons. The molecule has 15 aromatic rings. The first kappa shape index (κ1) is 59.0. The van der Waals surface area contributed by atoms with Crippen LogP contribution >= 0.6 is 0 Å². The van der Waals surface area contributed by atoms with Crippen molar-refractivity contribution >= 4 is 38.9 Å². The molecule has 0 N–H and O–H groups in total. The third-order valence-electron chi connectivity index (χ3n) is 19.5. The summed E-state index contributed by atoms with van der Waals surface area (Å²) in [5.74, 6) is 11.4. The molecule has 16 rings (SSSR count). The molecule has 0 saturated carbocycles. The Morgan fingerprint density at radius 1 is 0.268 bits per heavy atom. The van der Waals surface area contributed by atoms with Crippen molar-refractivity contribution in [3.05, 3.63) is 349 Å². The van der Waals surface area contributed by atoms with E-state index >= 15 is 0 Å². The van der Waals surface area contributed by atoms with Crippen LogP contribution in [0.4, 0.5) is 17.1 Å². The second-order valence-corrected chi connectivity index (χ2v) is 25.4. The van der Waals surface area contributed by atoms with Gasteiger partial charge >= 0.3 is 0 Å². The van der Waals surface area contributed by atoms with Crippen LogP contribution in [-0.2, 0) is 5.41 Å². The molecule has 97 heavy (non-hydrogen) atoms. The van der Waals surface area contributed by atoms with Crippen molar-refractivity contribution in [3.63, 3.8) is 0 Å². The maximum Gasteiger partial charge on any atom is 0.0541 e. The van der Waals surface area contributed by atoms with Crippen LogP contribution in [0.1, 0.15) is 47.2 Å². The maximum absolute atomic E-state index is 6.30. The van der Waals surface area contributed by atoms with E-state index in [0.29, 0.717) is 22.3 Å². The zero-order chi connectivity index (χ0) is 65.7. The van der Waals surface area contributed by atoms with Gasteiger partial charge in [0.1, 0.15) is 0 Å². The number of fused-ring (bicyclic) bond motifs is 6. The molecule has 14 aromatic carbocycles. The highest BCUT2D eigenvalue weighted by atomic mass is 15.1. The predicted molar refractivity (Wildman–Crippen MR) is 408 cm³/mol. The van der Waals surface area contributed by atoms with Gasteiger partial charge in [-0.1, -0.05) is 238 Å². The molecule has 0 aliphatic heterocycles. The summed E-state index contributed by atoms with van der Waals surface area (Å²) < 4.78 is 2.43. The Kier molecular flexibility index (Phi) is 14.9. The van der Waals surface area contributed by atoms with Gasteiger partial charge in [-0.3, -0.25) is 0 Å². The van der Waals surface area contributed by atoms with Crippen LogP contribution in [0.15, 0.2) is 315 Å². The number of hydrogen-bond acceptors (Lipinski definition) is 1. The highest BCUT2D eigenvalue weighted by molar-refractivity contribution is 6.11. The second kappa shape index (κ2) is 24.4. The fraction of sp³-hybridized carbons (Fsp3) is 0.0316. The number of anilines is 3. The van der Waals surface area contributed by atoms with Gasteiger partial charge < -0.3 is 9.47 Å². The van der Waals surface area contributed by atoms with E-state index in [1.807, 2.05) is 36.4 Å². The Labute approximate surface area is 568 Å². The summed E-state index contributed by atoms with van der Waals surface area (Å²) in [6.07, 6.45) is 24.6. The van der Waals surface area contributed by atoms with Crippen LogP contribution in [0.2, 0.25) is 0 Å². The lowest BCUT2D eigenvalue weighted by molar-refractivity contribution is 0.660. The summed E-state index contributed by atoms with van der Waals surface area (Å²) in [5.41, 5.74) is 31.0. The monoisotopic (exact) mass is 1230 g/mol. The average Bonchev–Trinajstić information content (AvgIpc) is 1.62. The van der Waals surface area contributed by atoms with E-state index in [-0.39, 0.29) is 5.41 Å². The van der Waals surface area contributed by atoms with E-state index in [2.05, 4.69) is 326 Å². The Hall–Kier alpha value is -13.1. The fourth-order valence-corrected chi connectivity index (χ4v) is 14.6. The van der Waals surface area contributed by atoms with Gasteiger partial charge in [0.25, 0.3) is 0 Å². The average molecular weight is 1230 g/mol. The van der Waals surface area contributed by atoms with Crippen molar-refractivity contribution in [3.8, 4) is 155 Å². The van der Waals surface area contributed by atoms with Gasteiger partial charge in [-0.05, 0) is 227 Å². The van der Waals surface area contributed by atoms with E-state index in [1.165, 1.54) is 33.4 Å². The lowest BCUT2D eigenvalue weighted by Gasteiger charge is -2.28. The van der Waals surface area contributed by atoms with Gasteiger partial charge in [-0.2, -0.15) is 0 Å². The minimum Gasteiger partial charge on any atom is -0.310 e. The number of nitrogens with zero attached hydrogens (tertiary/aromatic N) is 2. The zero-order valence-electron chi connectivity index (χ0n) is 53.7. The van der Waals surface area contributed by atoms with Gasteiger partial charge in [0, 0.05) is 61.2 Å². The van der Waals surface area contributed by atoms with Crippen molar-refractivity contribution in [2.75, 3.05) is 4.90 Å². The number of hydrogen-bond donors (Lipinski definition) is 0. The number of rotatable bonds is 12. The molecular formula is C95H62N2. The van der Waals surface area contributed by atoms with Crippen LogP contribution in [0.3, 0.4) is 0 Å². The van der Waals surface area contributed by atoms with E-state index < -0.39 is 0 Å². The smallest absolute Gasteiger partial charge is 0.0541 e. The molecule has 2 heteroatoms. The van der Waals surface area contributed by atoms with Crippen molar-refractivity contribution in [2.45, 2.75) is 19.3 Å². The van der Waals surface area contributed by atoms with Crippen LogP contribution in [0.5, 0.6) is 0 Å². The largest absolute Gasteiger partial charge is 0.310 e. The third kappa shape index (κ3) is 10.5. The van der Waals surface area contributed by atoms with Gasteiger partial charge in [0.15, 0.2) is 0 Å². The highest BCUT2D eigenvalue weighted by Crippen LogP contribution is 2.51. The molecule has 0 amide bonds. The third-order valence-corrected chi connectivity index (χ3v) is 19.5. The van der Waals surface area contributed by atoms with Crippen molar-refractivity contribution < 1.29 is 0 Å². The Morgan fingerprint density at radius 2 is 0.732 bits per heavy atom. The van der Waals surface area contributed by atoms with Crippen LogP contribution in [0, 0.1) is 49.4 Å². The van der Waals surface area contributed by atoms with Gasteiger partial charge in [0.2, 0.25) is 0 Å². The summed E-state index contributed by atoms with van der Waals surface area (Å²) in [4.78, 5) is 2.40. The SMILES string of the molecule is C#Cc1ccc(-c2cc(-c3cc(-c4cc(-c5ccccc5)cc(-c5ccccc5)c4)cc(-n4c5ccccc5c5cc(-c6ccc(N(c7ccc(-c8ccccc8)cc7)c7ccc8c(c7)C(C)(C)c7ccccc7-8)cc6)ccc54)c3)ccc2-c2cccc(C#C)c2C#C)cc1C#C. The van der Waals surface area contributed by atoms with Crippen LogP contribution in [-0.4, -0.2) is 4.57 Å². The molecule has 1 aromatic heterocycles. The zero-order valence-corrected chi connectivity index (χ0v) is 53.7. The van der Waals surface area contributed by atoms with Crippen LogP contribution < -0.4 is 4.90 Å². The second-order valence-electron chi connectivity index (χ2n) is 25.4. The summed E-state index contributed by atoms with van der Waals surface area (Å²) in [6.45, 7) is 4.70. The standard InChI is InChI=1S/C95H62N2/c1-7-63-37-38-73(53-65(63)9-3)89-60-72(43-50-85(89)84-34-24-31-64(8-2)83(84)10-4)77-57-78(76-55-74(67-27-16-12-17-28-67)54-75(56-76)68-29-18-13-19-30-68)59-82(58-77)97-93-36-23-21-33-88(93)90-61-71(44-52-94(90)97)70-41-47-80(48-42-70)96(79-45-39-69(40-46-79)66-25-14-11-15-26-66)81-49-51-87-86-32-20-22-35-91(86)95(5,6)92(87)62-81/h1-4,11-62H,5-6H3. The minimum atomic E-state index is -0.158. The maximum atomic E-state index is 6.30. The lowest BCUT2D eigenvalue weighted by atomic mass is 9.82. The van der Waals surface area contributed by atoms with Crippen molar-refractivity contribution in [1.82, 2.24) is 4.57 Å². The molecule has 0 bridgehead atoms. The summed E-state index contributed by atoms with van der Waals surface area (Å²) in [6, 6.07) is 114. The molecule has 2 nitrogen and oxygen atoms in total. The fourth-order valence-electron chi connectivity index (χ4n) is 14.6. The molecular weight excluding hydrogens is 1170 g/mol. The highest BCUT2D eigenvalue weighted by Gasteiger charge is 2.36. The molecule has 0 spiro atoms. The first-order valence-electron chi connectivity index (χ1n) is 32.7. The van der Waals surface area contributed by atoms with Gasteiger partial charge in [0.05, 0.1) is 11.0 Å². The number of terminal acetylenes is 4. The summed E-state index contributed by atoms with van der Waals surface area (Å²) in [7, 11) is 0. The minimum absolute atomic E-state index is 0.158. The van der Waals surface area contributed by atoms with Crippen molar-refractivity contribution in [2.24, 2.45) is 0 Å².